The highest BCUT2D eigenvalue weighted by molar-refractivity contribution is 7.13. The predicted molar refractivity (Wildman–Crippen MR) is 61.3 cm³/mol. The Balaban J connectivity index is 2.43. The third-order valence-electron chi connectivity index (χ3n) is 2.04. The lowest BCUT2D eigenvalue weighted by Crippen LogP contribution is -1.91. The minimum absolute atomic E-state index is 0.323. The van der Waals surface area contributed by atoms with E-state index in [1.54, 1.807) is 11.7 Å². The van der Waals surface area contributed by atoms with Crippen molar-refractivity contribution in [1.29, 1.82) is 0 Å². The number of aromatic nitrogens is 2. The van der Waals surface area contributed by atoms with Crippen molar-refractivity contribution in [1.82, 2.24) is 9.97 Å². The second-order valence-electron chi connectivity index (χ2n) is 3.48. The highest BCUT2D eigenvalue weighted by Crippen LogP contribution is 2.29. The molecule has 0 aliphatic heterocycles. The molecular formula is C10H11ClN2OS. The number of thiazole rings is 1. The Labute approximate surface area is 97.1 Å². The van der Waals surface area contributed by atoms with Crippen LogP contribution in [0.1, 0.15) is 31.2 Å². The quantitative estimate of drug-likeness (QED) is 0.771. The summed E-state index contributed by atoms with van der Waals surface area (Å²) in [5.74, 6) is 2.07. The lowest BCUT2D eigenvalue weighted by Gasteiger charge is -1.98. The Morgan fingerprint density at radius 3 is 2.80 bits per heavy atom. The molecule has 0 fully saturated rings. The van der Waals surface area contributed by atoms with E-state index in [1.807, 2.05) is 0 Å². The topological polar surface area (TPSA) is 38.9 Å². The van der Waals surface area contributed by atoms with Gasteiger partial charge in [0.2, 0.25) is 5.89 Å². The van der Waals surface area contributed by atoms with Crippen LogP contribution >= 0.6 is 22.9 Å². The van der Waals surface area contributed by atoms with Gasteiger partial charge >= 0.3 is 0 Å². The monoisotopic (exact) mass is 242 g/mol. The molecule has 2 aromatic rings. The zero-order chi connectivity index (χ0) is 10.8. The smallest absolute Gasteiger partial charge is 0.238 e. The van der Waals surface area contributed by atoms with E-state index in [-0.39, 0.29) is 0 Å². The largest absolute Gasteiger partial charge is 0.439 e. The molecule has 0 unspecified atom stereocenters. The van der Waals surface area contributed by atoms with Gasteiger partial charge in [0, 0.05) is 0 Å². The molecule has 3 nitrogen and oxygen atoms in total. The number of nitrogens with zero attached hydrogens (tertiary/aromatic N) is 2. The average molecular weight is 243 g/mol. The fourth-order valence-electron chi connectivity index (χ4n) is 1.34. The Morgan fingerprint density at radius 1 is 1.53 bits per heavy atom. The van der Waals surface area contributed by atoms with Gasteiger partial charge in [-0.15, -0.1) is 22.9 Å². The Hall–Kier alpha value is -0.870. The fourth-order valence-corrected chi connectivity index (χ4v) is 2.07. The summed E-state index contributed by atoms with van der Waals surface area (Å²) in [6.07, 6.45) is 1.75. The van der Waals surface area contributed by atoms with E-state index in [4.69, 9.17) is 16.0 Å². The van der Waals surface area contributed by atoms with Crippen LogP contribution in [-0.2, 0) is 5.88 Å². The van der Waals surface area contributed by atoms with Crippen LogP contribution < -0.4 is 0 Å². The van der Waals surface area contributed by atoms with E-state index >= 15 is 0 Å². The summed E-state index contributed by atoms with van der Waals surface area (Å²) in [5, 5.41) is 0. The molecule has 0 saturated carbocycles. The highest BCUT2D eigenvalue weighted by Gasteiger charge is 2.16. The van der Waals surface area contributed by atoms with Gasteiger partial charge in [0.15, 0.2) is 0 Å². The molecule has 0 spiro atoms. The Kier molecular flexibility index (Phi) is 3.07. The van der Waals surface area contributed by atoms with Gasteiger partial charge in [0.1, 0.15) is 10.6 Å². The zero-order valence-corrected chi connectivity index (χ0v) is 10.1. The van der Waals surface area contributed by atoms with Crippen molar-refractivity contribution in [2.24, 2.45) is 0 Å². The van der Waals surface area contributed by atoms with Gasteiger partial charge in [-0.05, 0) is 5.92 Å². The first-order valence-corrected chi connectivity index (χ1v) is 6.08. The average Bonchev–Trinajstić information content (AvgIpc) is 2.86. The van der Waals surface area contributed by atoms with Gasteiger partial charge < -0.3 is 4.42 Å². The maximum atomic E-state index is 5.80. The Morgan fingerprint density at radius 2 is 2.33 bits per heavy atom. The number of rotatable bonds is 3. The maximum absolute atomic E-state index is 5.80. The van der Waals surface area contributed by atoms with Gasteiger partial charge in [-0.3, -0.25) is 4.98 Å². The van der Waals surface area contributed by atoms with Crippen molar-refractivity contribution in [3.63, 3.8) is 0 Å². The second kappa shape index (κ2) is 4.33. The van der Waals surface area contributed by atoms with Crippen molar-refractivity contribution in [2.45, 2.75) is 25.6 Å². The van der Waals surface area contributed by atoms with Crippen LogP contribution in [-0.4, -0.2) is 9.97 Å². The van der Waals surface area contributed by atoms with Crippen molar-refractivity contribution in [3.05, 3.63) is 23.2 Å². The molecule has 2 heterocycles. The SMILES string of the molecule is CC(C)c1nc(-c2cncs2)oc1CCl. The summed E-state index contributed by atoms with van der Waals surface area (Å²) in [7, 11) is 0. The lowest BCUT2D eigenvalue weighted by atomic mass is 10.1. The normalized spacial score (nSPS) is 11.2. The van der Waals surface area contributed by atoms with Crippen molar-refractivity contribution < 1.29 is 4.42 Å². The maximum Gasteiger partial charge on any atom is 0.238 e. The summed E-state index contributed by atoms with van der Waals surface area (Å²) in [6.45, 7) is 4.15. The molecule has 80 valence electrons. The first-order valence-electron chi connectivity index (χ1n) is 4.66. The van der Waals surface area contributed by atoms with E-state index in [2.05, 4.69) is 23.8 Å². The van der Waals surface area contributed by atoms with E-state index in [0.29, 0.717) is 17.7 Å². The summed E-state index contributed by atoms with van der Waals surface area (Å²) in [4.78, 5) is 9.37. The molecule has 0 N–H and O–H groups in total. The number of halogens is 1. The van der Waals surface area contributed by atoms with Gasteiger partial charge in [0.05, 0.1) is 23.3 Å². The number of alkyl halides is 1. The van der Waals surface area contributed by atoms with Crippen LogP contribution in [0.3, 0.4) is 0 Å². The minimum atomic E-state index is 0.323. The fraction of sp³-hybridized carbons (Fsp3) is 0.400. The molecule has 0 bridgehead atoms. The Bertz CT molecular complexity index is 436. The molecule has 0 aromatic carbocycles. The van der Waals surface area contributed by atoms with Gasteiger partial charge in [-0.2, -0.15) is 0 Å². The molecule has 5 heteroatoms. The van der Waals surface area contributed by atoms with Crippen LogP contribution in [0, 0.1) is 0 Å². The molecule has 0 aliphatic carbocycles. The van der Waals surface area contributed by atoms with Crippen molar-refractivity contribution in [2.75, 3.05) is 0 Å². The van der Waals surface area contributed by atoms with Crippen LogP contribution in [0.15, 0.2) is 16.1 Å². The number of hydrogen-bond acceptors (Lipinski definition) is 4. The van der Waals surface area contributed by atoms with Crippen LogP contribution in [0.2, 0.25) is 0 Å². The van der Waals surface area contributed by atoms with E-state index in [0.717, 1.165) is 16.3 Å². The van der Waals surface area contributed by atoms with Crippen LogP contribution in [0.5, 0.6) is 0 Å². The third kappa shape index (κ3) is 2.06. The molecule has 0 saturated heterocycles. The molecule has 0 aliphatic rings. The molecule has 2 aromatic heterocycles. The number of hydrogen-bond donors (Lipinski definition) is 0. The molecule has 0 atom stereocenters. The standard InChI is InChI=1S/C10H11ClN2OS/c1-6(2)9-7(3-11)14-10(13-9)8-4-12-5-15-8/h4-6H,3H2,1-2H3. The lowest BCUT2D eigenvalue weighted by molar-refractivity contribution is 0.533. The minimum Gasteiger partial charge on any atom is -0.439 e. The van der Waals surface area contributed by atoms with E-state index in [1.165, 1.54) is 11.3 Å². The predicted octanol–water partition coefficient (Wildman–Crippen LogP) is 3.66. The summed E-state index contributed by atoms with van der Waals surface area (Å²) >= 11 is 7.31. The molecular weight excluding hydrogens is 232 g/mol. The van der Waals surface area contributed by atoms with E-state index < -0.39 is 0 Å². The first-order chi connectivity index (χ1) is 7.22. The van der Waals surface area contributed by atoms with Crippen LogP contribution in [0.4, 0.5) is 0 Å². The summed E-state index contributed by atoms with van der Waals surface area (Å²) < 4.78 is 5.60. The first kappa shape index (κ1) is 10.6. The molecule has 2 rings (SSSR count). The summed E-state index contributed by atoms with van der Waals surface area (Å²) in [6, 6.07) is 0. The zero-order valence-electron chi connectivity index (χ0n) is 8.53. The number of oxazole rings is 1. The van der Waals surface area contributed by atoms with Crippen molar-refractivity contribution >= 4 is 22.9 Å². The molecule has 15 heavy (non-hydrogen) atoms. The third-order valence-corrected chi connectivity index (χ3v) is 3.04. The van der Waals surface area contributed by atoms with Crippen LogP contribution in [0.25, 0.3) is 10.8 Å². The molecule has 0 radical (unpaired) electrons. The van der Waals surface area contributed by atoms with Crippen molar-refractivity contribution in [3.8, 4) is 10.8 Å². The second-order valence-corrected chi connectivity index (χ2v) is 4.64. The van der Waals surface area contributed by atoms with E-state index in [9.17, 15) is 0 Å². The van der Waals surface area contributed by atoms with Gasteiger partial charge in [-0.25, -0.2) is 4.98 Å². The van der Waals surface area contributed by atoms with Gasteiger partial charge in [0.25, 0.3) is 0 Å². The van der Waals surface area contributed by atoms with Gasteiger partial charge in [-0.1, -0.05) is 13.8 Å². The summed E-state index contributed by atoms with van der Waals surface area (Å²) in [5.41, 5.74) is 2.70. The molecule has 0 amide bonds. The highest BCUT2D eigenvalue weighted by atomic mass is 35.5.